The third-order valence-corrected chi connectivity index (χ3v) is 4.54. The number of nitrogens with one attached hydrogen (secondary N) is 2. The first-order valence-electron chi connectivity index (χ1n) is 8.18. The molecule has 0 atom stereocenters. The van der Waals surface area contributed by atoms with Crippen LogP contribution in [0.25, 0.3) is 0 Å². The van der Waals surface area contributed by atoms with Gasteiger partial charge in [0.15, 0.2) is 11.8 Å². The average Bonchev–Trinajstić information content (AvgIpc) is 2.63. The van der Waals surface area contributed by atoms with Gasteiger partial charge in [0.05, 0.1) is 0 Å². The number of carbonyl (C=O) groups excluding carboxylic acids is 2. The molecule has 0 saturated heterocycles. The maximum absolute atomic E-state index is 11.0. The maximum Gasteiger partial charge on any atom is 2.00 e. The summed E-state index contributed by atoms with van der Waals surface area (Å²) in [5, 5.41) is 5.52. The van der Waals surface area contributed by atoms with E-state index in [1.54, 1.807) is 0 Å². The molecule has 0 aromatic heterocycles. The first-order valence-corrected chi connectivity index (χ1v) is 9.34. The molecule has 0 aliphatic heterocycles. The van der Waals surface area contributed by atoms with E-state index in [9.17, 15) is 9.59 Å². The van der Waals surface area contributed by atoms with Gasteiger partial charge in [-0.1, -0.05) is 35.8 Å². The van der Waals surface area contributed by atoms with E-state index in [4.69, 9.17) is 0 Å². The predicted molar refractivity (Wildman–Crippen MR) is 114 cm³/mol. The summed E-state index contributed by atoms with van der Waals surface area (Å²) in [5.74, 6) is -0.0341. The van der Waals surface area contributed by atoms with Crippen LogP contribution < -0.4 is 10.6 Å². The molecule has 0 spiro atoms. The smallest absolute Gasteiger partial charge is 0.783 e. The SMILES string of the molecule is Cc1cccc(NC(=O)C[S-])c1C.Cc1cccc(NC(=O)C[S-])c1C.[Co+2]. The van der Waals surface area contributed by atoms with Gasteiger partial charge in [0, 0.05) is 11.4 Å². The molecule has 7 heteroatoms. The zero-order chi connectivity index (χ0) is 19.7. The minimum absolute atomic E-state index is 0. The van der Waals surface area contributed by atoms with Crippen molar-refractivity contribution in [2.24, 2.45) is 0 Å². The standard InChI is InChI=1S/2C10H13NOS.Co/c2*1-7-4-3-5-9(8(7)2)11-10(12)6-13;/h2*3-5,13H,6H2,1-2H3,(H,11,12);/q;;+2/p-2. The fourth-order valence-electron chi connectivity index (χ4n) is 2.15. The van der Waals surface area contributed by atoms with E-state index in [2.05, 4.69) is 35.9 Å². The van der Waals surface area contributed by atoms with Gasteiger partial charge in [-0.25, -0.2) is 0 Å². The van der Waals surface area contributed by atoms with Crippen LogP contribution in [0.4, 0.5) is 11.4 Å². The van der Waals surface area contributed by atoms with Crippen molar-refractivity contribution in [2.75, 3.05) is 22.1 Å². The van der Waals surface area contributed by atoms with E-state index in [0.717, 1.165) is 22.5 Å². The number of rotatable bonds is 4. The number of hydrogen-bond donors (Lipinski definition) is 2. The number of hydrogen-bond acceptors (Lipinski definition) is 4. The van der Waals surface area contributed by atoms with Crippen molar-refractivity contribution < 1.29 is 26.4 Å². The van der Waals surface area contributed by atoms with Crippen molar-refractivity contribution in [2.45, 2.75) is 27.7 Å². The largest absolute Gasteiger partial charge is 2.00 e. The fraction of sp³-hybridized carbons (Fsp3) is 0.300. The molecule has 0 unspecified atom stereocenters. The van der Waals surface area contributed by atoms with Crippen LogP contribution in [0.2, 0.25) is 0 Å². The van der Waals surface area contributed by atoms with Crippen molar-refractivity contribution in [1.29, 1.82) is 0 Å². The third kappa shape index (κ3) is 8.42. The number of anilines is 2. The second-order valence-electron chi connectivity index (χ2n) is 5.88. The van der Waals surface area contributed by atoms with Crippen LogP contribution in [-0.2, 0) is 51.6 Å². The molecule has 0 fully saturated rings. The Labute approximate surface area is 182 Å². The first kappa shape index (κ1) is 25.6. The van der Waals surface area contributed by atoms with Gasteiger partial charge < -0.3 is 35.9 Å². The maximum atomic E-state index is 11.0. The van der Waals surface area contributed by atoms with Crippen LogP contribution in [0.1, 0.15) is 22.3 Å². The summed E-state index contributed by atoms with van der Waals surface area (Å²) in [6.45, 7) is 7.99. The van der Waals surface area contributed by atoms with Crippen molar-refractivity contribution in [3.63, 3.8) is 0 Å². The number of benzene rings is 2. The molecule has 1 radical (unpaired) electrons. The molecule has 4 nitrogen and oxygen atoms in total. The summed E-state index contributed by atoms with van der Waals surface area (Å²) in [6, 6.07) is 11.6. The van der Waals surface area contributed by atoms with Crippen molar-refractivity contribution >= 4 is 48.4 Å². The Morgan fingerprint density at radius 3 is 1.37 bits per heavy atom. The number of carbonyl (C=O) groups is 2. The fourth-order valence-corrected chi connectivity index (χ4v) is 2.29. The molecule has 2 N–H and O–H groups in total. The summed E-state index contributed by atoms with van der Waals surface area (Å²) in [4.78, 5) is 22.1. The first-order chi connectivity index (χ1) is 12.3. The van der Waals surface area contributed by atoms with Crippen LogP contribution in [0.15, 0.2) is 36.4 Å². The molecule has 0 aliphatic carbocycles. The average molecular weight is 447 g/mol. The monoisotopic (exact) mass is 447 g/mol. The summed E-state index contributed by atoms with van der Waals surface area (Å²) in [6.07, 6.45) is 0. The molecular formula is C20H24CoN2O2S2. The molecule has 0 aliphatic rings. The Morgan fingerprint density at radius 1 is 0.741 bits per heavy atom. The van der Waals surface area contributed by atoms with Gasteiger partial charge >= 0.3 is 16.8 Å². The summed E-state index contributed by atoms with van der Waals surface area (Å²) < 4.78 is 0. The molecule has 2 amide bonds. The van der Waals surface area contributed by atoms with Gasteiger partial charge in [-0.3, -0.25) is 9.59 Å². The van der Waals surface area contributed by atoms with Gasteiger partial charge in [-0.2, -0.15) is 0 Å². The topological polar surface area (TPSA) is 58.2 Å². The normalized spacial score (nSPS) is 9.41. The van der Waals surface area contributed by atoms with Crippen LogP contribution in [0.3, 0.4) is 0 Å². The van der Waals surface area contributed by atoms with E-state index >= 15 is 0 Å². The van der Waals surface area contributed by atoms with Crippen molar-refractivity contribution in [3.05, 3.63) is 58.7 Å². The van der Waals surface area contributed by atoms with Gasteiger partial charge in [0.1, 0.15) is 0 Å². The quantitative estimate of drug-likeness (QED) is 0.704. The van der Waals surface area contributed by atoms with E-state index < -0.39 is 0 Å². The Morgan fingerprint density at radius 2 is 1.07 bits per heavy atom. The molecule has 0 saturated carbocycles. The van der Waals surface area contributed by atoms with Crippen LogP contribution >= 0.6 is 0 Å². The van der Waals surface area contributed by atoms with Crippen molar-refractivity contribution in [3.8, 4) is 0 Å². The van der Waals surface area contributed by atoms with E-state index in [-0.39, 0.29) is 40.1 Å². The number of amides is 2. The predicted octanol–water partition coefficient (Wildman–Crippen LogP) is 3.58. The molecule has 2 aromatic rings. The molecule has 2 aromatic carbocycles. The van der Waals surface area contributed by atoms with Crippen LogP contribution in [0.5, 0.6) is 0 Å². The third-order valence-electron chi connectivity index (χ3n) is 4.02. The molecule has 0 bridgehead atoms. The Bertz CT molecular complexity index is 717. The molecule has 27 heavy (non-hydrogen) atoms. The summed E-state index contributed by atoms with van der Waals surface area (Å²) in [7, 11) is 0. The molecule has 147 valence electrons. The minimum Gasteiger partial charge on any atom is -0.783 e. The van der Waals surface area contributed by atoms with Gasteiger partial charge in [0.25, 0.3) is 0 Å². The Hall–Kier alpha value is -1.41. The molecular weight excluding hydrogens is 423 g/mol. The number of aryl methyl sites for hydroxylation is 2. The van der Waals surface area contributed by atoms with E-state index in [1.807, 2.05) is 64.1 Å². The van der Waals surface area contributed by atoms with Gasteiger partial charge in [-0.15, -0.1) is 0 Å². The zero-order valence-electron chi connectivity index (χ0n) is 15.8. The second kappa shape index (κ2) is 12.9. The summed E-state index contributed by atoms with van der Waals surface area (Å²) in [5.41, 5.74) is 6.24. The van der Waals surface area contributed by atoms with E-state index in [0.29, 0.717) is 0 Å². The Balaban J connectivity index is 0.000000483. The van der Waals surface area contributed by atoms with E-state index in [1.165, 1.54) is 11.1 Å². The summed E-state index contributed by atoms with van der Waals surface area (Å²) >= 11 is 9.28. The zero-order valence-corrected chi connectivity index (χ0v) is 18.5. The van der Waals surface area contributed by atoms with Crippen molar-refractivity contribution in [1.82, 2.24) is 0 Å². The van der Waals surface area contributed by atoms with Gasteiger partial charge in [0.2, 0.25) is 0 Å². The van der Waals surface area contributed by atoms with Crippen LogP contribution in [-0.4, -0.2) is 23.3 Å². The Kier molecular flexibility index (Phi) is 12.2. The molecule has 2 rings (SSSR count). The minimum atomic E-state index is -0.122. The van der Waals surface area contributed by atoms with Gasteiger partial charge in [-0.05, 0) is 62.1 Å². The molecule has 0 heterocycles. The van der Waals surface area contributed by atoms with Crippen LogP contribution in [0, 0.1) is 27.7 Å². The second-order valence-corrected chi connectivity index (χ2v) is 6.46.